The van der Waals surface area contributed by atoms with Gasteiger partial charge in [-0.05, 0) is 25.7 Å². The monoisotopic (exact) mass is 213 g/mol. The molecule has 0 spiro atoms. The maximum absolute atomic E-state index is 11.4. The van der Waals surface area contributed by atoms with Gasteiger partial charge in [0.1, 0.15) is 0 Å². The molecule has 0 amide bonds. The molecule has 0 unspecified atom stereocenters. The van der Waals surface area contributed by atoms with Crippen molar-refractivity contribution >= 4 is 5.97 Å². The summed E-state index contributed by atoms with van der Waals surface area (Å²) in [6.07, 6.45) is 4.80. The van der Waals surface area contributed by atoms with Gasteiger partial charge in [-0.25, -0.2) is 10.6 Å². The Morgan fingerprint density at radius 1 is 1.60 bits per heavy atom. The van der Waals surface area contributed by atoms with Gasteiger partial charge in [-0.3, -0.25) is 0 Å². The lowest BCUT2D eigenvalue weighted by molar-refractivity contribution is -0.140. The molecular weight excluding hydrogens is 194 g/mol. The molecule has 0 bridgehead atoms. The van der Waals surface area contributed by atoms with Gasteiger partial charge >= 0.3 is 5.97 Å². The van der Waals surface area contributed by atoms with E-state index in [-0.39, 0.29) is 5.70 Å². The van der Waals surface area contributed by atoms with E-state index in [1.165, 1.54) is 30.5 Å². The van der Waals surface area contributed by atoms with Gasteiger partial charge in [0.15, 0.2) is 5.70 Å². The first-order chi connectivity index (χ1) is 7.19. The number of hydrazine groups is 1. The Bertz CT molecular complexity index is 249. The molecule has 0 aromatic carbocycles. The van der Waals surface area contributed by atoms with E-state index in [1.54, 1.807) is 6.92 Å². The highest BCUT2D eigenvalue weighted by atomic mass is 16.5. The zero-order valence-electron chi connectivity index (χ0n) is 9.11. The van der Waals surface area contributed by atoms with Crippen molar-refractivity contribution in [3.05, 3.63) is 11.9 Å². The maximum Gasteiger partial charge on any atom is 0.357 e. The van der Waals surface area contributed by atoms with Crippen LogP contribution in [0.25, 0.3) is 0 Å². The third kappa shape index (κ3) is 3.13. The first-order valence-electron chi connectivity index (χ1n) is 5.30. The third-order valence-electron chi connectivity index (χ3n) is 2.63. The number of ether oxygens (including phenoxy) is 1. The molecule has 1 rings (SSSR count). The molecular formula is C10H19N3O2. The van der Waals surface area contributed by atoms with Crippen LogP contribution in [0.15, 0.2) is 11.9 Å². The zero-order chi connectivity index (χ0) is 11.3. The normalized spacial score (nSPS) is 17.1. The predicted octanol–water partition coefficient (Wildman–Crippen LogP) is 0.325. The molecule has 1 saturated carbocycles. The van der Waals surface area contributed by atoms with Gasteiger partial charge in [0.05, 0.1) is 6.61 Å². The molecule has 0 heterocycles. The Morgan fingerprint density at radius 2 is 2.27 bits per heavy atom. The van der Waals surface area contributed by atoms with Gasteiger partial charge in [-0.1, -0.05) is 6.42 Å². The fourth-order valence-electron chi connectivity index (χ4n) is 1.54. The minimum Gasteiger partial charge on any atom is -0.461 e. The highest BCUT2D eigenvalue weighted by Crippen LogP contribution is 2.27. The summed E-state index contributed by atoms with van der Waals surface area (Å²) in [7, 11) is 0. The van der Waals surface area contributed by atoms with Crippen molar-refractivity contribution in [2.75, 3.05) is 13.2 Å². The average Bonchev–Trinajstić information content (AvgIpc) is 2.13. The van der Waals surface area contributed by atoms with E-state index in [0.717, 1.165) is 0 Å². The summed E-state index contributed by atoms with van der Waals surface area (Å²) in [5.74, 6) is 5.88. The number of nitrogens with zero attached hydrogens (tertiary/aromatic N) is 1. The Labute approximate surface area is 90.0 Å². The third-order valence-corrected chi connectivity index (χ3v) is 2.63. The number of hydrogen-bond donors (Lipinski definition) is 2. The number of carbonyl (C=O) groups excluding carboxylic acids is 1. The summed E-state index contributed by atoms with van der Waals surface area (Å²) >= 11 is 0. The predicted molar refractivity (Wildman–Crippen MR) is 57.1 cm³/mol. The van der Waals surface area contributed by atoms with Crippen molar-refractivity contribution in [1.29, 1.82) is 0 Å². The lowest BCUT2D eigenvalue weighted by Crippen LogP contribution is -2.40. The molecule has 0 aromatic rings. The number of carbonyl (C=O) groups is 1. The number of esters is 1. The van der Waals surface area contributed by atoms with Gasteiger partial charge in [0, 0.05) is 12.7 Å². The molecule has 0 aromatic heterocycles. The SMILES string of the molecule is CCOC(=O)/C(=C/N)N(N)CC1CCC1. The van der Waals surface area contributed by atoms with Crippen LogP contribution >= 0.6 is 0 Å². The fraction of sp³-hybridized carbons (Fsp3) is 0.700. The summed E-state index contributed by atoms with van der Waals surface area (Å²) in [5.41, 5.74) is 5.60. The Balaban J connectivity index is 2.45. The molecule has 0 radical (unpaired) electrons. The fourth-order valence-corrected chi connectivity index (χ4v) is 1.54. The molecule has 1 aliphatic carbocycles. The van der Waals surface area contributed by atoms with Gasteiger partial charge < -0.3 is 15.5 Å². The van der Waals surface area contributed by atoms with Crippen molar-refractivity contribution in [3.63, 3.8) is 0 Å². The quantitative estimate of drug-likeness (QED) is 0.297. The van der Waals surface area contributed by atoms with E-state index >= 15 is 0 Å². The average molecular weight is 213 g/mol. The van der Waals surface area contributed by atoms with Gasteiger partial charge in [-0.2, -0.15) is 0 Å². The first kappa shape index (κ1) is 11.8. The molecule has 0 atom stereocenters. The zero-order valence-corrected chi connectivity index (χ0v) is 9.11. The van der Waals surface area contributed by atoms with Crippen LogP contribution < -0.4 is 11.6 Å². The van der Waals surface area contributed by atoms with Crippen molar-refractivity contribution < 1.29 is 9.53 Å². The van der Waals surface area contributed by atoms with Crippen molar-refractivity contribution in [2.24, 2.45) is 17.5 Å². The smallest absolute Gasteiger partial charge is 0.357 e. The summed E-state index contributed by atoms with van der Waals surface area (Å²) in [4.78, 5) is 11.4. The Hall–Kier alpha value is -1.23. The molecule has 1 fully saturated rings. The van der Waals surface area contributed by atoms with Crippen molar-refractivity contribution in [1.82, 2.24) is 5.01 Å². The molecule has 0 saturated heterocycles. The minimum atomic E-state index is -0.457. The number of hydrogen-bond acceptors (Lipinski definition) is 5. The summed E-state index contributed by atoms with van der Waals surface area (Å²) in [5, 5.41) is 1.39. The molecule has 86 valence electrons. The highest BCUT2D eigenvalue weighted by Gasteiger charge is 2.23. The van der Waals surface area contributed by atoms with Crippen LogP contribution in [-0.2, 0) is 9.53 Å². The molecule has 5 heteroatoms. The van der Waals surface area contributed by atoms with Crippen LogP contribution in [0.1, 0.15) is 26.2 Å². The van der Waals surface area contributed by atoms with E-state index in [9.17, 15) is 4.79 Å². The van der Waals surface area contributed by atoms with E-state index in [0.29, 0.717) is 19.1 Å². The van der Waals surface area contributed by atoms with E-state index < -0.39 is 5.97 Å². The topological polar surface area (TPSA) is 81.6 Å². The van der Waals surface area contributed by atoms with E-state index in [2.05, 4.69) is 0 Å². The van der Waals surface area contributed by atoms with E-state index in [4.69, 9.17) is 16.3 Å². The maximum atomic E-state index is 11.4. The minimum absolute atomic E-state index is 0.240. The highest BCUT2D eigenvalue weighted by molar-refractivity contribution is 5.87. The van der Waals surface area contributed by atoms with Crippen LogP contribution in [0.5, 0.6) is 0 Å². The van der Waals surface area contributed by atoms with Crippen molar-refractivity contribution in [2.45, 2.75) is 26.2 Å². The second-order valence-electron chi connectivity index (χ2n) is 3.72. The Kier molecular flexibility index (Phi) is 4.42. The van der Waals surface area contributed by atoms with Gasteiger partial charge in [0.2, 0.25) is 0 Å². The standard InChI is InChI=1S/C10H19N3O2/c1-2-15-10(14)9(6-11)13(12)7-8-4-3-5-8/h6,8H,2-5,7,11-12H2,1H3/b9-6-. The van der Waals surface area contributed by atoms with Crippen LogP contribution in [0.2, 0.25) is 0 Å². The molecule has 15 heavy (non-hydrogen) atoms. The lowest BCUT2D eigenvalue weighted by atomic mass is 9.85. The van der Waals surface area contributed by atoms with Crippen molar-refractivity contribution in [3.8, 4) is 0 Å². The summed E-state index contributed by atoms with van der Waals surface area (Å²) in [6, 6.07) is 0. The van der Waals surface area contributed by atoms with Crippen LogP contribution in [0.4, 0.5) is 0 Å². The number of nitrogens with two attached hydrogens (primary N) is 2. The Morgan fingerprint density at radius 3 is 2.67 bits per heavy atom. The first-order valence-corrected chi connectivity index (χ1v) is 5.30. The number of rotatable bonds is 5. The molecule has 4 N–H and O–H groups in total. The van der Waals surface area contributed by atoms with Gasteiger partial charge in [0.25, 0.3) is 0 Å². The second kappa shape index (κ2) is 5.60. The molecule has 0 aliphatic heterocycles. The lowest BCUT2D eigenvalue weighted by Gasteiger charge is -2.30. The van der Waals surface area contributed by atoms with E-state index in [1.807, 2.05) is 0 Å². The summed E-state index contributed by atoms with van der Waals surface area (Å²) < 4.78 is 4.84. The van der Waals surface area contributed by atoms with Crippen LogP contribution in [0, 0.1) is 5.92 Å². The molecule has 5 nitrogen and oxygen atoms in total. The molecule has 1 aliphatic rings. The largest absolute Gasteiger partial charge is 0.461 e. The van der Waals surface area contributed by atoms with Crippen LogP contribution in [0.3, 0.4) is 0 Å². The summed E-state index contributed by atoms with van der Waals surface area (Å²) in [6.45, 7) is 2.74. The second-order valence-corrected chi connectivity index (χ2v) is 3.72. The van der Waals surface area contributed by atoms with Crippen LogP contribution in [-0.4, -0.2) is 24.1 Å². The van der Waals surface area contributed by atoms with Gasteiger partial charge in [-0.15, -0.1) is 0 Å².